The fourth-order valence-electron chi connectivity index (χ4n) is 1.81. The highest BCUT2D eigenvalue weighted by molar-refractivity contribution is 7.98. The molecule has 0 saturated carbocycles. The number of thioether (sulfide) groups is 1. The topological polar surface area (TPSA) is 88.0 Å². The molecule has 7 heteroatoms. The molecule has 2 aromatic rings. The highest BCUT2D eigenvalue weighted by Crippen LogP contribution is 2.23. The van der Waals surface area contributed by atoms with Crippen LogP contribution in [0.15, 0.2) is 34.2 Å². The smallest absolute Gasteiger partial charge is 0.270 e. The Morgan fingerprint density at radius 3 is 2.64 bits per heavy atom. The normalized spacial score (nSPS) is 10.2. The molecular weight excluding hydrogens is 302 g/mol. The van der Waals surface area contributed by atoms with Crippen molar-refractivity contribution in [2.45, 2.75) is 5.16 Å². The molecule has 1 aromatic carbocycles. The van der Waals surface area contributed by atoms with E-state index in [1.807, 2.05) is 6.07 Å². The summed E-state index contributed by atoms with van der Waals surface area (Å²) in [4.78, 5) is 18.8. The number of methoxy groups -OCH3 is 1. The predicted molar refractivity (Wildman–Crippen MR) is 84.2 cm³/mol. The van der Waals surface area contributed by atoms with E-state index in [1.165, 1.54) is 11.8 Å². The molecule has 0 saturated heterocycles. The molecule has 0 spiro atoms. The summed E-state index contributed by atoms with van der Waals surface area (Å²) in [6, 6.07) is 9.00. The highest BCUT2D eigenvalue weighted by Gasteiger charge is 2.13. The van der Waals surface area contributed by atoms with Gasteiger partial charge in [-0.1, -0.05) is 11.8 Å². The summed E-state index contributed by atoms with van der Waals surface area (Å²) < 4.78 is 10.4. The van der Waals surface area contributed by atoms with Crippen molar-refractivity contribution in [3.63, 3.8) is 0 Å². The second-order valence-electron chi connectivity index (χ2n) is 4.28. The van der Waals surface area contributed by atoms with Crippen LogP contribution in [-0.2, 0) is 4.74 Å². The third-order valence-corrected chi connectivity index (χ3v) is 3.47. The molecule has 0 fully saturated rings. The largest absolute Gasteiger partial charge is 0.491 e. The second kappa shape index (κ2) is 7.64. The van der Waals surface area contributed by atoms with Gasteiger partial charge in [0.25, 0.3) is 5.56 Å². The van der Waals surface area contributed by atoms with Gasteiger partial charge in [0.2, 0.25) is 0 Å². The number of H-pyrrole nitrogens is 1. The quantitative estimate of drug-likeness (QED) is 0.498. The molecule has 0 radical (unpaired) electrons. The van der Waals surface area contributed by atoms with Crippen molar-refractivity contribution in [2.24, 2.45) is 0 Å². The highest BCUT2D eigenvalue weighted by atomic mass is 32.2. The maximum atomic E-state index is 11.9. The van der Waals surface area contributed by atoms with Gasteiger partial charge in [-0.3, -0.25) is 4.79 Å². The molecule has 6 nitrogen and oxygen atoms in total. The molecule has 1 aromatic heterocycles. The Morgan fingerprint density at radius 2 is 2.05 bits per heavy atom. The number of nitrogens with one attached hydrogen (secondary N) is 1. The number of hydrogen-bond donors (Lipinski definition) is 1. The molecule has 22 heavy (non-hydrogen) atoms. The SMILES string of the molecule is COCCOc1ccc(-c2nc(SC)[nH]c(=O)c2C#N)cc1. The van der Waals surface area contributed by atoms with Crippen molar-refractivity contribution in [3.05, 3.63) is 40.2 Å². The molecule has 0 amide bonds. The number of ether oxygens (including phenoxy) is 2. The Labute approximate surface area is 132 Å². The van der Waals surface area contributed by atoms with E-state index < -0.39 is 5.56 Å². The van der Waals surface area contributed by atoms with Crippen LogP contribution < -0.4 is 10.3 Å². The van der Waals surface area contributed by atoms with Gasteiger partial charge in [-0.2, -0.15) is 5.26 Å². The average Bonchev–Trinajstić information content (AvgIpc) is 2.55. The minimum absolute atomic E-state index is 0.00542. The minimum Gasteiger partial charge on any atom is -0.491 e. The van der Waals surface area contributed by atoms with Gasteiger partial charge < -0.3 is 14.5 Å². The molecule has 0 aliphatic heterocycles. The van der Waals surface area contributed by atoms with Crippen molar-refractivity contribution in [3.8, 4) is 23.1 Å². The molecule has 2 rings (SSSR count). The van der Waals surface area contributed by atoms with Crippen molar-refractivity contribution < 1.29 is 9.47 Å². The van der Waals surface area contributed by atoms with Gasteiger partial charge in [-0.25, -0.2) is 4.98 Å². The lowest BCUT2D eigenvalue weighted by atomic mass is 10.1. The van der Waals surface area contributed by atoms with Gasteiger partial charge in [0.15, 0.2) is 5.16 Å². The lowest BCUT2D eigenvalue weighted by Gasteiger charge is -2.08. The van der Waals surface area contributed by atoms with Crippen molar-refractivity contribution in [1.82, 2.24) is 9.97 Å². The van der Waals surface area contributed by atoms with Crippen LogP contribution in [0, 0.1) is 11.3 Å². The standard InChI is InChI=1S/C15H15N3O3S/c1-20-7-8-21-11-5-3-10(4-6-11)13-12(9-16)14(19)18-15(17-13)22-2/h3-6H,7-8H2,1-2H3,(H,17,18,19). The van der Waals surface area contributed by atoms with Gasteiger partial charge in [-0.15, -0.1) is 0 Å². The van der Waals surface area contributed by atoms with Crippen molar-refractivity contribution >= 4 is 11.8 Å². The van der Waals surface area contributed by atoms with Gasteiger partial charge in [-0.05, 0) is 30.5 Å². The Bertz CT molecular complexity index is 735. The van der Waals surface area contributed by atoms with Crippen LogP contribution in [0.1, 0.15) is 5.56 Å². The maximum Gasteiger partial charge on any atom is 0.270 e. The molecule has 0 unspecified atom stereocenters. The van der Waals surface area contributed by atoms with Crippen molar-refractivity contribution in [2.75, 3.05) is 26.6 Å². The van der Waals surface area contributed by atoms with Gasteiger partial charge in [0, 0.05) is 12.7 Å². The van der Waals surface area contributed by atoms with E-state index in [0.29, 0.717) is 35.4 Å². The van der Waals surface area contributed by atoms with E-state index >= 15 is 0 Å². The number of nitriles is 1. The number of benzene rings is 1. The first-order chi connectivity index (χ1) is 10.7. The third kappa shape index (κ3) is 3.67. The fourth-order valence-corrected chi connectivity index (χ4v) is 2.19. The second-order valence-corrected chi connectivity index (χ2v) is 5.07. The summed E-state index contributed by atoms with van der Waals surface area (Å²) in [6.45, 7) is 0.964. The van der Waals surface area contributed by atoms with E-state index in [0.717, 1.165) is 0 Å². The van der Waals surface area contributed by atoms with Crippen LogP contribution in [0.5, 0.6) is 5.75 Å². The molecule has 0 aliphatic carbocycles. The Balaban J connectivity index is 2.34. The lowest BCUT2D eigenvalue weighted by Crippen LogP contribution is -2.14. The summed E-state index contributed by atoms with van der Waals surface area (Å²) in [7, 11) is 1.61. The summed E-state index contributed by atoms with van der Waals surface area (Å²) in [5.74, 6) is 0.689. The first-order valence-electron chi connectivity index (χ1n) is 6.50. The Kier molecular flexibility index (Phi) is 5.58. The summed E-state index contributed by atoms with van der Waals surface area (Å²) in [6.07, 6.45) is 1.81. The van der Waals surface area contributed by atoms with E-state index in [2.05, 4.69) is 9.97 Å². The fraction of sp³-hybridized carbons (Fsp3) is 0.267. The summed E-state index contributed by atoms with van der Waals surface area (Å²) in [5.41, 5.74) is 0.638. The van der Waals surface area contributed by atoms with E-state index in [1.54, 1.807) is 37.6 Å². The lowest BCUT2D eigenvalue weighted by molar-refractivity contribution is 0.146. The number of rotatable bonds is 6. The molecule has 0 bridgehead atoms. The molecule has 114 valence electrons. The predicted octanol–water partition coefficient (Wildman–Crippen LogP) is 2.06. The third-order valence-electron chi connectivity index (χ3n) is 2.89. The zero-order valence-electron chi connectivity index (χ0n) is 12.3. The maximum absolute atomic E-state index is 11.9. The van der Waals surface area contributed by atoms with Crippen LogP contribution in [-0.4, -0.2) is 36.5 Å². The molecule has 1 N–H and O–H groups in total. The summed E-state index contributed by atoms with van der Waals surface area (Å²) >= 11 is 1.31. The van der Waals surface area contributed by atoms with Crippen LogP contribution in [0.4, 0.5) is 0 Å². The first kappa shape index (κ1) is 16.1. The zero-order chi connectivity index (χ0) is 15.9. The minimum atomic E-state index is -0.433. The monoisotopic (exact) mass is 317 g/mol. The molecule has 0 aliphatic rings. The zero-order valence-corrected chi connectivity index (χ0v) is 13.1. The number of aromatic nitrogens is 2. The average molecular weight is 317 g/mol. The number of hydrogen-bond acceptors (Lipinski definition) is 6. The van der Waals surface area contributed by atoms with Gasteiger partial charge in [0.1, 0.15) is 24.0 Å². The molecule has 0 atom stereocenters. The van der Waals surface area contributed by atoms with Crippen molar-refractivity contribution in [1.29, 1.82) is 5.26 Å². The van der Waals surface area contributed by atoms with Gasteiger partial charge >= 0.3 is 0 Å². The molecular formula is C15H15N3O3S. The Hall–Kier alpha value is -2.30. The number of nitrogens with zero attached hydrogens (tertiary/aromatic N) is 2. The van der Waals surface area contributed by atoms with Gasteiger partial charge in [0.05, 0.1) is 12.3 Å². The molecule has 1 heterocycles. The van der Waals surface area contributed by atoms with Crippen LogP contribution in [0.3, 0.4) is 0 Å². The first-order valence-corrected chi connectivity index (χ1v) is 7.72. The van der Waals surface area contributed by atoms with Crippen LogP contribution in [0.25, 0.3) is 11.3 Å². The van der Waals surface area contributed by atoms with Crippen LogP contribution >= 0.6 is 11.8 Å². The van der Waals surface area contributed by atoms with E-state index in [-0.39, 0.29) is 5.56 Å². The van der Waals surface area contributed by atoms with E-state index in [4.69, 9.17) is 14.7 Å². The van der Waals surface area contributed by atoms with Crippen LogP contribution in [0.2, 0.25) is 0 Å². The number of aromatic amines is 1. The van der Waals surface area contributed by atoms with E-state index in [9.17, 15) is 4.79 Å². The summed E-state index contributed by atoms with van der Waals surface area (Å²) in [5, 5.41) is 9.64. The Morgan fingerprint density at radius 1 is 1.32 bits per heavy atom.